The molecule has 6 aromatic rings. The molecule has 0 N–H and O–H groups in total. The lowest BCUT2D eigenvalue weighted by Crippen LogP contribution is -2.31. The fraction of sp³-hybridized carbons (Fsp3) is 0.118. The van der Waals surface area contributed by atoms with E-state index in [0.717, 1.165) is 28.1 Å². The van der Waals surface area contributed by atoms with Gasteiger partial charge in [-0.3, -0.25) is 0 Å². The normalized spacial score (nSPS) is 14.3. The molecule has 0 aliphatic rings. The summed E-state index contributed by atoms with van der Waals surface area (Å²) in [6, 6.07) is 25.1. The maximum Gasteiger partial charge on any atom is 0.216 e. The standard InChI is InChI=1S/C34H26FN2O/c1-20-10-12-24(17-28(20)23-8-6-5-7-9-23)32-25(18-36)13-15-27-26-14-11-21(2)31(33(26)38-34(27)32)30-16-22(3)29(35)19-37(30)4/h5-17,19H,1-4H3/q+1/i1D3,3D3. The van der Waals surface area contributed by atoms with Crippen molar-refractivity contribution in [1.29, 1.82) is 5.26 Å². The van der Waals surface area contributed by atoms with Crippen molar-refractivity contribution in [2.24, 2.45) is 7.05 Å². The van der Waals surface area contributed by atoms with Crippen LogP contribution in [0.25, 0.3) is 55.4 Å². The Balaban J connectivity index is 1.67. The van der Waals surface area contributed by atoms with Crippen LogP contribution in [-0.2, 0) is 7.05 Å². The summed E-state index contributed by atoms with van der Waals surface area (Å²) in [5.74, 6) is -0.832. The van der Waals surface area contributed by atoms with Gasteiger partial charge in [-0.05, 0) is 72.2 Å². The number of fused-ring (bicyclic) bond motifs is 3. The van der Waals surface area contributed by atoms with E-state index in [1.54, 1.807) is 37.4 Å². The van der Waals surface area contributed by atoms with Gasteiger partial charge in [0.15, 0.2) is 5.82 Å². The number of halogens is 1. The van der Waals surface area contributed by atoms with Gasteiger partial charge in [0, 0.05) is 30.6 Å². The topological polar surface area (TPSA) is 40.8 Å². The summed E-state index contributed by atoms with van der Waals surface area (Å²) in [4.78, 5) is 0. The van der Waals surface area contributed by atoms with Crippen molar-refractivity contribution in [1.82, 2.24) is 0 Å². The summed E-state index contributed by atoms with van der Waals surface area (Å²) in [5, 5.41) is 11.6. The van der Waals surface area contributed by atoms with Gasteiger partial charge >= 0.3 is 0 Å². The number of benzene rings is 4. The Morgan fingerprint density at radius 2 is 1.53 bits per heavy atom. The molecule has 6 rings (SSSR count). The van der Waals surface area contributed by atoms with Crippen LogP contribution >= 0.6 is 0 Å². The van der Waals surface area contributed by atoms with Gasteiger partial charge in [-0.1, -0.05) is 54.6 Å². The number of hydrogen-bond acceptors (Lipinski definition) is 2. The SMILES string of the molecule is [2H]C([2H])([2H])c1cc(-c2c(C)ccc3c2oc2c(-c4ccc(C([2H])([2H])[2H])c(-c5ccccc5)c4)c(C#N)ccc23)[n+](C)cc1F. The van der Waals surface area contributed by atoms with Gasteiger partial charge in [-0.15, -0.1) is 0 Å². The third kappa shape index (κ3) is 3.67. The molecule has 38 heavy (non-hydrogen) atoms. The zero-order chi connectivity index (χ0) is 31.6. The fourth-order valence-electron chi connectivity index (χ4n) is 5.12. The number of hydrogen-bond donors (Lipinski definition) is 0. The number of pyridine rings is 1. The van der Waals surface area contributed by atoms with E-state index < -0.39 is 25.1 Å². The second-order valence-electron chi connectivity index (χ2n) is 9.37. The minimum Gasteiger partial charge on any atom is -0.454 e. The summed E-state index contributed by atoms with van der Waals surface area (Å²) in [6.07, 6.45) is 1.15. The molecule has 184 valence electrons. The average molecular weight is 504 g/mol. The van der Waals surface area contributed by atoms with Gasteiger partial charge in [-0.2, -0.15) is 9.83 Å². The van der Waals surface area contributed by atoms with E-state index in [-0.39, 0.29) is 5.56 Å². The number of nitrogens with zero attached hydrogens (tertiary/aromatic N) is 2. The van der Waals surface area contributed by atoms with Crippen LogP contribution < -0.4 is 4.57 Å². The summed E-state index contributed by atoms with van der Waals surface area (Å²) < 4.78 is 70.8. The minimum absolute atomic E-state index is 0.189. The Kier molecular flexibility index (Phi) is 4.17. The Bertz CT molecular complexity index is 2140. The first-order valence-electron chi connectivity index (χ1n) is 15.1. The smallest absolute Gasteiger partial charge is 0.216 e. The molecule has 0 unspecified atom stereocenters. The first kappa shape index (κ1) is 17.7. The van der Waals surface area contributed by atoms with Crippen LogP contribution in [0.5, 0.6) is 0 Å². The molecule has 4 aromatic carbocycles. The number of rotatable bonds is 3. The minimum atomic E-state index is -2.66. The van der Waals surface area contributed by atoms with Crippen molar-refractivity contribution in [3.05, 3.63) is 113 Å². The van der Waals surface area contributed by atoms with Crippen LogP contribution in [0.3, 0.4) is 0 Å². The van der Waals surface area contributed by atoms with E-state index in [1.807, 2.05) is 49.4 Å². The molecule has 0 aliphatic carbocycles. The number of nitriles is 1. The van der Waals surface area contributed by atoms with Gasteiger partial charge in [0.1, 0.15) is 18.2 Å². The molecule has 0 radical (unpaired) electrons. The highest BCUT2D eigenvalue weighted by molar-refractivity contribution is 6.14. The molecule has 0 atom stereocenters. The van der Waals surface area contributed by atoms with E-state index in [9.17, 15) is 9.65 Å². The Hall–Kier alpha value is -4.75. The zero-order valence-corrected chi connectivity index (χ0v) is 20.8. The molecular weight excluding hydrogens is 471 g/mol. The van der Waals surface area contributed by atoms with Crippen LogP contribution in [0.1, 0.15) is 30.5 Å². The van der Waals surface area contributed by atoms with Crippen molar-refractivity contribution >= 4 is 21.9 Å². The van der Waals surface area contributed by atoms with Gasteiger partial charge in [-0.25, -0.2) is 4.39 Å². The average Bonchev–Trinajstić information content (AvgIpc) is 3.34. The number of aromatic nitrogens is 1. The molecule has 4 heteroatoms. The van der Waals surface area contributed by atoms with Crippen molar-refractivity contribution in [3.63, 3.8) is 0 Å². The molecular formula is C34H26FN2O+. The molecule has 2 aromatic heterocycles. The molecule has 0 saturated carbocycles. The van der Waals surface area contributed by atoms with Crippen molar-refractivity contribution in [2.75, 3.05) is 0 Å². The van der Waals surface area contributed by atoms with Crippen molar-refractivity contribution in [3.8, 4) is 39.6 Å². The van der Waals surface area contributed by atoms with Gasteiger partial charge in [0.2, 0.25) is 11.9 Å². The maximum atomic E-state index is 14.7. The van der Waals surface area contributed by atoms with E-state index >= 15 is 0 Å². The lowest BCUT2D eigenvalue weighted by Gasteiger charge is -2.11. The molecule has 0 spiro atoms. The Morgan fingerprint density at radius 3 is 2.26 bits per heavy atom. The third-order valence-electron chi connectivity index (χ3n) is 7.01. The van der Waals surface area contributed by atoms with E-state index in [2.05, 4.69) is 6.07 Å². The van der Waals surface area contributed by atoms with Gasteiger partial charge in [0.05, 0.1) is 17.2 Å². The highest BCUT2D eigenvalue weighted by Crippen LogP contribution is 2.42. The first-order chi connectivity index (χ1) is 20.8. The van der Waals surface area contributed by atoms with Crippen LogP contribution in [0, 0.1) is 37.8 Å². The summed E-state index contributed by atoms with van der Waals surface area (Å²) in [6.45, 7) is -3.16. The predicted octanol–water partition coefficient (Wildman–Crippen LogP) is 8.35. The summed E-state index contributed by atoms with van der Waals surface area (Å²) in [7, 11) is 1.64. The Labute approximate surface area is 229 Å². The highest BCUT2D eigenvalue weighted by Gasteiger charge is 2.24. The second kappa shape index (κ2) is 8.97. The lowest BCUT2D eigenvalue weighted by molar-refractivity contribution is -0.662. The molecule has 0 saturated heterocycles. The maximum absolute atomic E-state index is 14.7. The molecule has 0 bridgehead atoms. The largest absolute Gasteiger partial charge is 0.454 e. The van der Waals surface area contributed by atoms with Crippen LogP contribution in [-0.4, -0.2) is 0 Å². The highest BCUT2D eigenvalue weighted by atomic mass is 19.1. The zero-order valence-electron chi connectivity index (χ0n) is 26.8. The summed E-state index contributed by atoms with van der Waals surface area (Å²) >= 11 is 0. The van der Waals surface area contributed by atoms with Crippen LogP contribution in [0.15, 0.2) is 89.5 Å². The van der Waals surface area contributed by atoms with Crippen molar-refractivity contribution < 1.29 is 21.6 Å². The number of furan rings is 1. The van der Waals surface area contributed by atoms with Crippen molar-refractivity contribution in [2.45, 2.75) is 20.6 Å². The molecule has 0 fully saturated rings. The summed E-state index contributed by atoms with van der Waals surface area (Å²) in [5.41, 5.74) is 5.20. The predicted molar refractivity (Wildman–Crippen MR) is 150 cm³/mol. The molecule has 0 amide bonds. The van der Waals surface area contributed by atoms with Crippen LogP contribution in [0.4, 0.5) is 4.39 Å². The lowest BCUT2D eigenvalue weighted by atomic mass is 9.92. The van der Waals surface area contributed by atoms with Crippen LogP contribution in [0.2, 0.25) is 0 Å². The van der Waals surface area contributed by atoms with E-state index in [1.165, 1.54) is 10.6 Å². The molecule has 0 aliphatic heterocycles. The number of aryl methyl sites for hydroxylation is 4. The Morgan fingerprint density at radius 1 is 0.816 bits per heavy atom. The second-order valence-corrected chi connectivity index (χ2v) is 9.37. The molecule has 3 nitrogen and oxygen atoms in total. The van der Waals surface area contributed by atoms with Gasteiger partial charge in [0.25, 0.3) is 0 Å². The van der Waals surface area contributed by atoms with E-state index in [4.69, 9.17) is 12.6 Å². The first-order valence-corrected chi connectivity index (χ1v) is 12.1. The van der Waals surface area contributed by atoms with E-state index in [0.29, 0.717) is 44.7 Å². The molecule has 2 heterocycles. The third-order valence-corrected chi connectivity index (χ3v) is 7.01. The fourth-order valence-corrected chi connectivity index (χ4v) is 5.12. The van der Waals surface area contributed by atoms with Gasteiger partial charge < -0.3 is 4.42 Å². The monoisotopic (exact) mass is 503 g/mol. The quantitative estimate of drug-likeness (QED) is 0.228.